The molecule has 0 radical (unpaired) electrons. The van der Waals surface area contributed by atoms with Crippen molar-refractivity contribution in [3.63, 3.8) is 0 Å². The predicted molar refractivity (Wildman–Crippen MR) is 134 cm³/mol. The van der Waals surface area contributed by atoms with Gasteiger partial charge in [0.1, 0.15) is 11.7 Å². The highest BCUT2D eigenvalue weighted by molar-refractivity contribution is 9.10. The smallest absolute Gasteiger partial charge is 0.229 e. The standard InChI is InChI=1S/C26H25BrN4O2/c1-31-14-4-13-28-26(31)19-9-7-18(8-10-19)23(32)15-20-5-2-3-6-21(20)16-25(33)30-24-12-11-22(27)17-29-24/h2-3,5-12,17H,4,13-16H2,1H3,(H,29,30,33). The number of hydrogen-bond donors (Lipinski definition) is 1. The summed E-state index contributed by atoms with van der Waals surface area (Å²) in [6, 6.07) is 18.7. The van der Waals surface area contributed by atoms with Crippen LogP contribution in [0.15, 0.2) is 76.3 Å². The van der Waals surface area contributed by atoms with E-state index in [0.717, 1.165) is 46.5 Å². The van der Waals surface area contributed by atoms with Crippen LogP contribution in [-0.4, -0.2) is 47.5 Å². The molecule has 2 heterocycles. The summed E-state index contributed by atoms with van der Waals surface area (Å²) in [7, 11) is 2.04. The number of benzene rings is 2. The van der Waals surface area contributed by atoms with Crippen LogP contribution in [-0.2, 0) is 17.6 Å². The molecule has 3 aromatic rings. The molecule has 1 amide bonds. The number of aromatic nitrogens is 1. The number of aliphatic imine (C=N–C) groups is 1. The Kier molecular flexibility index (Phi) is 7.29. The maximum absolute atomic E-state index is 13.0. The summed E-state index contributed by atoms with van der Waals surface area (Å²) in [5.74, 6) is 1.30. The lowest BCUT2D eigenvalue weighted by Gasteiger charge is -2.25. The first kappa shape index (κ1) is 22.9. The Hall–Kier alpha value is -3.32. The number of amidine groups is 1. The fourth-order valence-electron chi connectivity index (χ4n) is 3.82. The van der Waals surface area contributed by atoms with Gasteiger partial charge in [0.05, 0.1) is 6.42 Å². The van der Waals surface area contributed by atoms with E-state index in [4.69, 9.17) is 0 Å². The Morgan fingerprint density at radius 2 is 1.73 bits per heavy atom. The third-order valence-corrected chi connectivity index (χ3v) is 6.02. The molecule has 4 rings (SSSR count). The van der Waals surface area contributed by atoms with Crippen LogP contribution in [0.3, 0.4) is 0 Å². The van der Waals surface area contributed by atoms with Gasteiger partial charge in [-0.3, -0.25) is 14.6 Å². The van der Waals surface area contributed by atoms with Crippen molar-refractivity contribution >= 4 is 39.3 Å². The number of carbonyl (C=O) groups excluding carboxylic acids is 2. The van der Waals surface area contributed by atoms with E-state index >= 15 is 0 Å². The molecule has 0 fully saturated rings. The minimum absolute atomic E-state index is 0.0166. The number of amides is 1. The van der Waals surface area contributed by atoms with Gasteiger partial charge in [0, 0.05) is 48.4 Å². The number of anilines is 1. The highest BCUT2D eigenvalue weighted by atomic mass is 79.9. The normalized spacial score (nSPS) is 13.4. The lowest BCUT2D eigenvalue weighted by atomic mass is 9.96. The summed E-state index contributed by atoms with van der Waals surface area (Å²) < 4.78 is 0.844. The summed E-state index contributed by atoms with van der Waals surface area (Å²) in [5.41, 5.74) is 3.35. The van der Waals surface area contributed by atoms with Crippen molar-refractivity contribution in [2.45, 2.75) is 19.3 Å². The largest absolute Gasteiger partial charge is 0.359 e. The third kappa shape index (κ3) is 5.93. The zero-order valence-electron chi connectivity index (χ0n) is 18.4. The first-order valence-electron chi connectivity index (χ1n) is 10.9. The van der Waals surface area contributed by atoms with Crippen LogP contribution < -0.4 is 5.32 Å². The fourth-order valence-corrected chi connectivity index (χ4v) is 4.06. The van der Waals surface area contributed by atoms with Crippen molar-refractivity contribution in [1.29, 1.82) is 0 Å². The van der Waals surface area contributed by atoms with E-state index in [1.165, 1.54) is 0 Å². The molecule has 6 nitrogen and oxygen atoms in total. The second-order valence-corrected chi connectivity index (χ2v) is 8.93. The fraction of sp³-hybridized carbons (Fsp3) is 0.231. The Balaban J connectivity index is 1.42. The molecule has 1 aliphatic rings. The van der Waals surface area contributed by atoms with Crippen LogP contribution in [0.25, 0.3) is 0 Å². The van der Waals surface area contributed by atoms with Gasteiger partial charge in [-0.15, -0.1) is 0 Å². The van der Waals surface area contributed by atoms with Crippen LogP contribution in [0.2, 0.25) is 0 Å². The van der Waals surface area contributed by atoms with Gasteiger partial charge < -0.3 is 10.2 Å². The maximum atomic E-state index is 13.0. The van der Waals surface area contributed by atoms with Crippen molar-refractivity contribution in [1.82, 2.24) is 9.88 Å². The van der Waals surface area contributed by atoms with Crippen LogP contribution in [0.5, 0.6) is 0 Å². The molecule has 0 aliphatic carbocycles. The minimum Gasteiger partial charge on any atom is -0.359 e. The van der Waals surface area contributed by atoms with Crippen molar-refractivity contribution in [3.8, 4) is 0 Å². The van der Waals surface area contributed by atoms with E-state index in [0.29, 0.717) is 11.4 Å². The molecule has 2 aromatic carbocycles. The van der Waals surface area contributed by atoms with Gasteiger partial charge in [0.25, 0.3) is 0 Å². The van der Waals surface area contributed by atoms with Crippen molar-refractivity contribution in [2.24, 2.45) is 4.99 Å². The SMILES string of the molecule is CN1CCCN=C1c1ccc(C(=O)Cc2ccccc2CC(=O)Nc2ccc(Br)cn2)cc1. The molecule has 0 bridgehead atoms. The van der Waals surface area contributed by atoms with Gasteiger partial charge >= 0.3 is 0 Å². The summed E-state index contributed by atoms with van der Waals surface area (Å²) in [6.07, 6.45) is 3.10. The number of Topliss-reactive ketones (excluding diaryl/α,β-unsaturated/α-hetero) is 1. The van der Waals surface area contributed by atoms with E-state index in [1.54, 1.807) is 12.3 Å². The number of hydrogen-bond acceptors (Lipinski definition) is 5. The number of halogens is 1. The van der Waals surface area contributed by atoms with Crippen LogP contribution >= 0.6 is 15.9 Å². The van der Waals surface area contributed by atoms with E-state index in [-0.39, 0.29) is 24.5 Å². The zero-order valence-corrected chi connectivity index (χ0v) is 20.0. The molecule has 1 N–H and O–H groups in total. The number of nitrogens with one attached hydrogen (secondary N) is 1. The molecule has 0 unspecified atom stereocenters. The van der Waals surface area contributed by atoms with Crippen molar-refractivity contribution < 1.29 is 9.59 Å². The van der Waals surface area contributed by atoms with Crippen LogP contribution in [0, 0.1) is 0 Å². The second kappa shape index (κ2) is 10.5. The lowest BCUT2D eigenvalue weighted by molar-refractivity contribution is -0.115. The topological polar surface area (TPSA) is 74.7 Å². The predicted octanol–water partition coefficient (Wildman–Crippen LogP) is 4.53. The van der Waals surface area contributed by atoms with Gasteiger partial charge in [-0.05, 0) is 45.6 Å². The first-order valence-corrected chi connectivity index (χ1v) is 11.7. The quantitative estimate of drug-likeness (QED) is 0.479. The van der Waals surface area contributed by atoms with Gasteiger partial charge in [0.2, 0.25) is 5.91 Å². The molecule has 1 aliphatic heterocycles. The molecule has 0 saturated carbocycles. The Morgan fingerprint density at radius 1 is 1.00 bits per heavy atom. The number of pyridine rings is 1. The van der Waals surface area contributed by atoms with Gasteiger partial charge in [-0.25, -0.2) is 4.98 Å². The Morgan fingerprint density at radius 3 is 2.39 bits per heavy atom. The van der Waals surface area contributed by atoms with E-state index in [2.05, 4.69) is 36.1 Å². The highest BCUT2D eigenvalue weighted by Crippen LogP contribution is 2.17. The van der Waals surface area contributed by atoms with E-state index in [1.807, 2.05) is 61.6 Å². The maximum Gasteiger partial charge on any atom is 0.229 e. The Labute approximate surface area is 201 Å². The molecule has 0 saturated heterocycles. The molecule has 1 aromatic heterocycles. The number of nitrogens with zero attached hydrogens (tertiary/aromatic N) is 3. The molecule has 33 heavy (non-hydrogen) atoms. The molecule has 0 spiro atoms. The molecule has 0 atom stereocenters. The summed E-state index contributed by atoms with van der Waals surface area (Å²) in [6.45, 7) is 1.82. The van der Waals surface area contributed by atoms with Gasteiger partial charge in [-0.2, -0.15) is 0 Å². The average Bonchev–Trinajstić information content (AvgIpc) is 2.82. The summed E-state index contributed by atoms with van der Waals surface area (Å²) in [4.78, 5) is 36.4. The zero-order chi connectivity index (χ0) is 23.2. The second-order valence-electron chi connectivity index (χ2n) is 8.01. The first-order chi connectivity index (χ1) is 16.0. The summed E-state index contributed by atoms with van der Waals surface area (Å²) >= 11 is 3.33. The number of rotatable bonds is 7. The third-order valence-electron chi connectivity index (χ3n) is 5.56. The van der Waals surface area contributed by atoms with Crippen molar-refractivity contribution in [2.75, 3.05) is 25.5 Å². The van der Waals surface area contributed by atoms with Gasteiger partial charge in [-0.1, -0.05) is 48.5 Å². The molecular weight excluding hydrogens is 480 g/mol. The minimum atomic E-state index is -0.175. The van der Waals surface area contributed by atoms with Crippen LogP contribution in [0.4, 0.5) is 5.82 Å². The Bertz CT molecular complexity index is 1170. The lowest BCUT2D eigenvalue weighted by Crippen LogP contribution is -2.32. The highest BCUT2D eigenvalue weighted by Gasteiger charge is 2.16. The average molecular weight is 505 g/mol. The number of ketones is 1. The monoisotopic (exact) mass is 504 g/mol. The molecule has 7 heteroatoms. The van der Waals surface area contributed by atoms with Crippen molar-refractivity contribution in [3.05, 3.63) is 93.6 Å². The van der Waals surface area contributed by atoms with E-state index < -0.39 is 0 Å². The number of carbonyl (C=O) groups is 2. The van der Waals surface area contributed by atoms with Crippen LogP contribution in [0.1, 0.15) is 33.5 Å². The molecular formula is C26H25BrN4O2. The summed E-state index contributed by atoms with van der Waals surface area (Å²) in [5, 5.41) is 2.80. The molecule has 168 valence electrons. The van der Waals surface area contributed by atoms with E-state index in [9.17, 15) is 9.59 Å². The van der Waals surface area contributed by atoms with Gasteiger partial charge in [0.15, 0.2) is 5.78 Å².